The third kappa shape index (κ3) is 9.42. The summed E-state index contributed by atoms with van der Waals surface area (Å²) in [5, 5.41) is 9.71. The highest BCUT2D eigenvalue weighted by atomic mass is 15.2. The molecule has 0 saturated heterocycles. The van der Waals surface area contributed by atoms with Gasteiger partial charge in [0.25, 0.3) is 0 Å². The molecule has 0 fully saturated rings. The average Bonchev–Trinajstić information content (AvgIpc) is 1.53. The Hall–Kier alpha value is -13.7. The lowest BCUT2D eigenvalue weighted by molar-refractivity contribution is 1.13. The fourth-order valence-electron chi connectivity index (χ4n) is 16.5. The highest BCUT2D eigenvalue weighted by Crippen LogP contribution is 2.61. The first-order valence-corrected chi connectivity index (χ1v) is 34.7. The first-order chi connectivity index (χ1) is 50.7. The van der Waals surface area contributed by atoms with E-state index in [0.29, 0.717) is 5.82 Å². The minimum absolute atomic E-state index is 0.706. The van der Waals surface area contributed by atoms with Crippen molar-refractivity contribution in [1.29, 1.82) is 0 Å². The van der Waals surface area contributed by atoms with E-state index in [1.807, 2.05) is 61.2 Å². The zero-order valence-electron chi connectivity index (χ0n) is 55.3. The summed E-state index contributed by atoms with van der Waals surface area (Å²) in [5.41, 5.74) is 28.8. The first-order valence-electron chi connectivity index (χ1n) is 34.7. The van der Waals surface area contributed by atoms with Gasteiger partial charge in [-0.2, -0.15) is 0 Å². The van der Waals surface area contributed by atoms with E-state index in [0.717, 1.165) is 84.1 Å². The number of pyridine rings is 2. The largest absolute Gasteiger partial charge is 0.294 e. The summed E-state index contributed by atoms with van der Waals surface area (Å²) in [4.78, 5) is 24.7. The van der Waals surface area contributed by atoms with E-state index in [1.54, 1.807) is 0 Å². The number of fused-ring (bicyclic) bond motifs is 8. The smallest absolute Gasteiger partial charge is 0.156 e. The summed E-state index contributed by atoms with van der Waals surface area (Å²) in [6.07, 6.45) is 7.54. The molecule has 20 rings (SSSR count). The van der Waals surface area contributed by atoms with Crippen molar-refractivity contribution < 1.29 is 0 Å². The van der Waals surface area contributed by atoms with E-state index in [4.69, 9.17) is 19.9 Å². The predicted molar refractivity (Wildman–Crippen MR) is 424 cm³/mol. The third-order valence-corrected chi connectivity index (χ3v) is 20.7. The molecule has 0 spiro atoms. The Kier molecular flexibility index (Phi) is 13.8. The quantitative estimate of drug-likeness (QED) is 0.115. The number of nitrogens with zero attached hydrogens (tertiary/aromatic N) is 6. The van der Waals surface area contributed by atoms with Crippen LogP contribution in [0.25, 0.3) is 166 Å². The first kappa shape index (κ1) is 58.5. The van der Waals surface area contributed by atoms with Crippen molar-refractivity contribution in [3.05, 3.63) is 365 Å². The Morgan fingerprint density at radius 2 is 0.559 bits per heavy atom. The lowest BCUT2D eigenvalue weighted by Gasteiger charge is -2.25. The maximum absolute atomic E-state index is 5.37. The molecule has 3 heterocycles. The standard InChI is InChI=1S/C96H60N6/c1-6-26-61(27-7-1)87-75-40-16-17-41-76(75)88(62-28-8-2-9-29-62)95-80-52-50-71(73-42-24-44-78(91(73)80)93(87)95)65-34-22-38-69(56-65)101(68-36-14-5-15-37-68)86-60-99-83(59-100-86)67-48-49-77-82(58-67)90(64-32-12-4-13-33-64)94-79-45-25-43-74-72(51-53-81(92(74)79)96(94)89(77)63-30-10-3-11-31-63)66-35-23-39-70(57-66)102(84-46-18-20-54-97-84)85-47-19-21-55-98-85/h1-60H. The topological polar surface area (TPSA) is 58.0 Å². The van der Waals surface area contributed by atoms with Crippen LogP contribution in [0.15, 0.2) is 365 Å². The van der Waals surface area contributed by atoms with E-state index >= 15 is 0 Å². The van der Waals surface area contributed by atoms with Crippen LogP contribution in [0.2, 0.25) is 0 Å². The fourth-order valence-corrected chi connectivity index (χ4v) is 16.5. The molecule has 15 aromatic carbocycles. The summed E-state index contributed by atoms with van der Waals surface area (Å²) < 4.78 is 0. The van der Waals surface area contributed by atoms with Gasteiger partial charge in [0, 0.05) is 35.0 Å². The van der Waals surface area contributed by atoms with E-state index in [1.165, 1.54) is 110 Å². The molecule has 0 bridgehead atoms. The number of benzene rings is 15. The van der Waals surface area contributed by atoms with Gasteiger partial charge in [-0.05, 0) is 221 Å². The van der Waals surface area contributed by atoms with Crippen LogP contribution in [0.3, 0.4) is 0 Å². The lowest BCUT2D eigenvalue weighted by atomic mass is 9.82. The highest BCUT2D eigenvalue weighted by Gasteiger charge is 2.34. The SMILES string of the molecule is c1ccc(-c2c3c(c(-c4ccccc4)c4ccccc24)-c2ccc(-c4cccc(N(c5ccccc5)c5cnc(-c6ccc7c(-c8ccccc8)c8c(c(-c9ccccc9)c7c6)-c6cccc7c(-c9cccc(N(c%10ccccn%10)c%10ccccn%10)c9)ccc-8c67)cn5)c4)c4cccc-3c24)cc1. The summed E-state index contributed by atoms with van der Waals surface area (Å²) in [7, 11) is 0. The van der Waals surface area contributed by atoms with Crippen LogP contribution >= 0.6 is 0 Å². The molecule has 0 unspecified atom stereocenters. The van der Waals surface area contributed by atoms with Crippen LogP contribution < -0.4 is 9.80 Å². The van der Waals surface area contributed by atoms with Crippen molar-refractivity contribution in [3.8, 4) is 123 Å². The van der Waals surface area contributed by atoms with Crippen molar-refractivity contribution in [2.24, 2.45) is 0 Å². The van der Waals surface area contributed by atoms with Crippen molar-refractivity contribution in [3.63, 3.8) is 0 Å². The third-order valence-electron chi connectivity index (χ3n) is 20.7. The van der Waals surface area contributed by atoms with E-state index < -0.39 is 0 Å². The number of hydrogen-bond donors (Lipinski definition) is 0. The summed E-state index contributed by atoms with van der Waals surface area (Å²) >= 11 is 0. The molecule has 0 amide bonds. The van der Waals surface area contributed by atoms with Crippen LogP contribution in [0.1, 0.15) is 0 Å². The zero-order valence-corrected chi connectivity index (χ0v) is 55.3. The maximum atomic E-state index is 5.37. The molecule has 0 N–H and O–H groups in total. The number of anilines is 6. The normalized spacial score (nSPS) is 11.7. The van der Waals surface area contributed by atoms with Crippen LogP contribution in [-0.4, -0.2) is 19.9 Å². The second-order valence-electron chi connectivity index (χ2n) is 26.3. The molecule has 0 aliphatic heterocycles. The Morgan fingerprint density at radius 3 is 1.01 bits per heavy atom. The average molecular weight is 1300 g/mol. The number of aromatic nitrogens is 4. The van der Waals surface area contributed by atoms with Crippen molar-refractivity contribution in [1.82, 2.24) is 19.9 Å². The van der Waals surface area contributed by atoms with Gasteiger partial charge < -0.3 is 0 Å². The molecule has 2 aliphatic rings. The van der Waals surface area contributed by atoms with Gasteiger partial charge in [-0.1, -0.05) is 273 Å². The molecule has 102 heavy (non-hydrogen) atoms. The maximum Gasteiger partial charge on any atom is 0.156 e. The molecular formula is C96H60N6. The Bertz CT molecular complexity index is 6200. The lowest BCUT2D eigenvalue weighted by Crippen LogP contribution is -2.12. The molecule has 474 valence electrons. The molecule has 0 saturated carbocycles. The van der Waals surface area contributed by atoms with Gasteiger partial charge in [-0.3, -0.25) is 14.8 Å². The highest BCUT2D eigenvalue weighted by molar-refractivity contribution is 6.31. The Morgan fingerprint density at radius 1 is 0.186 bits per heavy atom. The van der Waals surface area contributed by atoms with Crippen LogP contribution in [0.4, 0.5) is 34.5 Å². The van der Waals surface area contributed by atoms with Gasteiger partial charge in [-0.25, -0.2) is 15.0 Å². The summed E-state index contributed by atoms with van der Waals surface area (Å²) in [6.45, 7) is 0. The van der Waals surface area contributed by atoms with Crippen LogP contribution in [0.5, 0.6) is 0 Å². The number of rotatable bonds is 13. The van der Waals surface area contributed by atoms with Gasteiger partial charge in [-0.15, -0.1) is 0 Å². The Labute approximate surface area is 590 Å². The summed E-state index contributed by atoms with van der Waals surface area (Å²) in [6, 6.07) is 123. The van der Waals surface area contributed by atoms with Crippen molar-refractivity contribution in [2.45, 2.75) is 0 Å². The molecule has 6 heteroatoms. The van der Waals surface area contributed by atoms with Gasteiger partial charge in [0.1, 0.15) is 11.6 Å². The van der Waals surface area contributed by atoms with Gasteiger partial charge >= 0.3 is 0 Å². The molecular weight excluding hydrogens is 1240 g/mol. The van der Waals surface area contributed by atoms with Gasteiger partial charge in [0.15, 0.2) is 5.82 Å². The van der Waals surface area contributed by atoms with E-state index in [2.05, 4.69) is 313 Å². The molecule has 0 atom stereocenters. The zero-order chi connectivity index (χ0) is 67.2. The van der Waals surface area contributed by atoms with E-state index in [-0.39, 0.29) is 0 Å². The van der Waals surface area contributed by atoms with Crippen LogP contribution in [0, 0.1) is 0 Å². The van der Waals surface area contributed by atoms with E-state index in [9.17, 15) is 0 Å². The predicted octanol–water partition coefficient (Wildman–Crippen LogP) is 25.8. The minimum atomic E-state index is 0.706. The van der Waals surface area contributed by atoms with Crippen molar-refractivity contribution in [2.75, 3.05) is 9.80 Å². The molecule has 18 aromatic rings. The molecule has 0 radical (unpaired) electrons. The van der Waals surface area contributed by atoms with Gasteiger partial charge in [0.2, 0.25) is 0 Å². The second kappa shape index (κ2) is 24.1. The van der Waals surface area contributed by atoms with Crippen molar-refractivity contribution >= 4 is 77.6 Å². The summed E-state index contributed by atoms with van der Waals surface area (Å²) in [5.74, 6) is 2.29. The second-order valence-corrected chi connectivity index (χ2v) is 26.3. The number of para-hydroxylation sites is 1. The van der Waals surface area contributed by atoms with Gasteiger partial charge in [0.05, 0.1) is 18.1 Å². The fraction of sp³-hybridized carbons (Fsp3) is 0. The van der Waals surface area contributed by atoms with Crippen LogP contribution in [-0.2, 0) is 0 Å². The minimum Gasteiger partial charge on any atom is -0.294 e. The Balaban J connectivity index is 0.708. The monoisotopic (exact) mass is 1300 g/mol. The molecule has 6 nitrogen and oxygen atoms in total. The number of hydrogen-bond acceptors (Lipinski definition) is 6. The molecule has 2 aliphatic carbocycles. The molecule has 3 aromatic heterocycles.